The predicted molar refractivity (Wildman–Crippen MR) is 76.2 cm³/mol. The second-order valence-corrected chi connectivity index (χ2v) is 4.34. The van der Waals surface area contributed by atoms with Crippen molar-refractivity contribution in [1.29, 1.82) is 0 Å². The molecule has 1 aromatic heterocycles. The minimum absolute atomic E-state index is 0.177. The van der Waals surface area contributed by atoms with E-state index in [-0.39, 0.29) is 6.61 Å². The number of fused-ring (bicyclic) bond motifs is 1. The van der Waals surface area contributed by atoms with Gasteiger partial charge < -0.3 is 13.9 Å². The summed E-state index contributed by atoms with van der Waals surface area (Å²) in [5.74, 6) is 0.766. The van der Waals surface area contributed by atoms with Crippen molar-refractivity contribution in [3.63, 3.8) is 0 Å². The van der Waals surface area contributed by atoms with E-state index in [0.29, 0.717) is 24.3 Å². The molecule has 0 aliphatic carbocycles. The van der Waals surface area contributed by atoms with Gasteiger partial charge in [0.25, 0.3) is 0 Å². The van der Waals surface area contributed by atoms with Crippen molar-refractivity contribution < 1.29 is 18.7 Å². The second kappa shape index (κ2) is 6.67. The fourth-order valence-electron chi connectivity index (χ4n) is 2.09. The number of benzene rings is 1. The molecule has 0 radical (unpaired) electrons. The van der Waals surface area contributed by atoms with E-state index >= 15 is 0 Å². The second-order valence-electron chi connectivity index (χ2n) is 4.34. The van der Waals surface area contributed by atoms with Gasteiger partial charge in [0.1, 0.15) is 5.76 Å². The van der Waals surface area contributed by atoms with Gasteiger partial charge in [0.2, 0.25) is 0 Å². The number of azide groups is 1. The highest BCUT2D eigenvalue weighted by Gasteiger charge is 2.15. The molecule has 0 aliphatic rings. The summed E-state index contributed by atoms with van der Waals surface area (Å²) in [5.41, 5.74) is 9.89. The van der Waals surface area contributed by atoms with E-state index in [9.17, 15) is 4.79 Å². The molecular formula is C14H15N3O4. The zero-order valence-electron chi connectivity index (χ0n) is 11.8. The Morgan fingerprint density at radius 2 is 2.29 bits per heavy atom. The van der Waals surface area contributed by atoms with Gasteiger partial charge >= 0.3 is 5.97 Å². The summed E-state index contributed by atoms with van der Waals surface area (Å²) >= 11 is 0. The van der Waals surface area contributed by atoms with Crippen LogP contribution in [-0.4, -0.2) is 26.2 Å². The molecule has 0 fully saturated rings. The fraction of sp³-hybridized carbons (Fsp3) is 0.357. The Morgan fingerprint density at radius 3 is 3.00 bits per heavy atom. The number of para-hydroxylation sites is 1. The Kier molecular flexibility index (Phi) is 4.68. The lowest BCUT2D eigenvalue weighted by Gasteiger charge is -2.05. The van der Waals surface area contributed by atoms with Gasteiger partial charge in [0.05, 0.1) is 7.11 Å². The molecule has 0 amide bonds. The Hall–Kier alpha value is -2.66. The van der Waals surface area contributed by atoms with Crippen LogP contribution in [0.25, 0.3) is 21.4 Å². The number of furan rings is 1. The number of hydrogen-bond donors (Lipinski definition) is 0. The van der Waals surface area contributed by atoms with Gasteiger partial charge in [-0.15, -0.1) is 0 Å². The number of hydrogen-bond acceptors (Lipinski definition) is 5. The SMILES string of the molecule is COC(=O)COc1cccc2c(CCN=[N+]=[N-])c(C)oc12. The largest absolute Gasteiger partial charge is 0.478 e. The summed E-state index contributed by atoms with van der Waals surface area (Å²) in [7, 11) is 1.30. The highest BCUT2D eigenvalue weighted by molar-refractivity contribution is 5.87. The van der Waals surface area contributed by atoms with Crippen LogP contribution in [-0.2, 0) is 16.0 Å². The zero-order chi connectivity index (χ0) is 15.2. The Balaban J connectivity index is 2.30. The van der Waals surface area contributed by atoms with Crippen molar-refractivity contribution in [3.8, 4) is 5.75 Å². The molecule has 0 unspecified atom stereocenters. The van der Waals surface area contributed by atoms with Gasteiger partial charge in [0, 0.05) is 22.4 Å². The van der Waals surface area contributed by atoms with Gasteiger partial charge in [-0.3, -0.25) is 0 Å². The van der Waals surface area contributed by atoms with Crippen LogP contribution >= 0.6 is 0 Å². The first-order chi connectivity index (χ1) is 10.2. The smallest absolute Gasteiger partial charge is 0.343 e. The van der Waals surface area contributed by atoms with Gasteiger partial charge in [-0.1, -0.05) is 17.2 Å². The average Bonchev–Trinajstić information content (AvgIpc) is 2.81. The standard InChI is InChI=1S/C14H15N3O4/c1-9-10(6-7-16-17-15)11-4-3-5-12(14(11)21-9)20-8-13(18)19-2/h3-5H,6-8H2,1-2H3. The lowest BCUT2D eigenvalue weighted by atomic mass is 10.1. The molecule has 7 nitrogen and oxygen atoms in total. The molecular weight excluding hydrogens is 274 g/mol. The quantitative estimate of drug-likeness (QED) is 0.353. The molecule has 0 atom stereocenters. The monoisotopic (exact) mass is 289 g/mol. The number of esters is 1. The van der Waals surface area contributed by atoms with Crippen molar-refractivity contribution in [2.45, 2.75) is 13.3 Å². The molecule has 7 heteroatoms. The summed E-state index contributed by atoms with van der Waals surface area (Å²) in [6.07, 6.45) is 0.587. The Morgan fingerprint density at radius 1 is 1.48 bits per heavy atom. The minimum Gasteiger partial charge on any atom is -0.478 e. The number of aryl methyl sites for hydroxylation is 1. The first-order valence-corrected chi connectivity index (χ1v) is 6.38. The molecule has 0 N–H and O–H groups in total. The highest BCUT2D eigenvalue weighted by atomic mass is 16.6. The van der Waals surface area contributed by atoms with E-state index in [4.69, 9.17) is 14.7 Å². The third kappa shape index (κ3) is 3.27. The van der Waals surface area contributed by atoms with E-state index in [2.05, 4.69) is 14.8 Å². The molecule has 0 saturated heterocycles. The molecule has 0 saturated carbocycles. The maximum absolute atomic E-state index is 11.1. The maximum Gasteiger partial charge on any atom is 0.343 e. The van der Waals surface area contributed by atoms with Gasteiger partial charge in [-0.05, 0) is 24.9 Å². The molecule has 0 bridgehead atoms. The summed E-state index contributed by atoms with van der Waals surface area (Å²) in [6, 6.07) is 5.45. The van der Waals surface area contributed by atoms with E-state index < -0.39 is 5.97 Å². The Bertz CT molecular complexity index is 702. The number of ether oxygens (including phenoxy) is 2. The molecule has 110 valence electrons. The van der Waals surface area contributed by atoms with E-state index in [0.717, 1.165) is 16.7 Å². The number of rotatable bonds is 6. The van der Waals surface area contributed by atoms with Gasteiger partial charge in [-0.25, -0.2) is 4.79 Å². The van der Waals surface area contributed by atoms with Crippen molar-refractivity contribution in [2.75, 3.05) is 20.3 Å². The van der Waals surface area contributed by atoms with Crippen LogP contribution < -0.4 is 4.74 Å². The third-order valence-corrected chi connectivity index (χ3v) is 3.08. The molecule has 21 heavy (non-hydrogen) atoms. The van der Waals surface area contributed by atoms with Crippen LogP contribution in [0.5, 0.6) is 5.75 Å². The number of carbonyl (C=O) groups excluding carboxylic acids is 1. The number of carbonyl (C=O) groups is 1. The average molecular weight is 289 g/mol. The van der Waals surface area contributed by atoms with Crippen molar-refractivity contribution in [3.05, 3.63) is 40.0 Å². The van der Waals surface area contributed by atoms with E-state index in [1.165, 1.54) is 7.11 Å². The van der Waals surface area contributed by atoms with Crippen molar-refractivity contribution >= 4 is 16.9 Å². The Labute approximate surface area is 121 Å². The normalized spacial score (nSPS) is 10.2. The maximum atomic E-state index is 11.1. The number of nitrogens with zero attached hydrogens (tertiary/aromatic N) is 3. The first kappa shape index (κ1) is 14.7. The van der Waals surface area contributed by atoms with Crippen LogP contribution in [0.3, 0.4) is 0 Å². The van der Waals surface area contributed by atoms with Crippen LogP contribution in [0.4, 0.5) is 0 Å². The lowest BCUT2D eigenvalue weighted by molar-refractivity contribution is -0.142. The number of methoxy groups -OCH3 is 1. The van der Waals surface area contributed by atoms with Gasteiger partial charge in [-0.2, -0.15) is 0 Å². The molecule has 2 rings (SSSR count). The van der Waals surface area contributed by atoms with Crippen LogP contribution in [0.15, 0.2) is 27.7 Å². The summed E-state index contributed by atoms with van der Waals surface area (Å²) in [5, 5.41) is 4.43. The summed E-state index contributed by atoms with van der Waals surface area (Å²) in [4.78, 5) is 13.9. The predicted octanol–water partition coefficient (Wildman–Crippen LogP) is 3.15. The fourth-order valence-corrected chi connectivity index (χ4v) is 2.09. The van der Waals surface area contributed by atoms with E-state index in [1.54, 1.807) is 6.07 Å². The molecule has 1 aromatic carbocycles. The zero-order valence-corrected chi connectivity index (χ0v) is 11.8. The third-order valence-electron chi connectivity index (χ3n) is 3.08. The van der Waals surface area contributed by atoms with Crippen LogP contribution in [0.2, 0.25) is 0 Å². The minimum atomic E-state index is -0.459. The van der Waals surface area contributed by atoms with Gasteiger partial charge in [0.15, 0.2) is 17.9 Å². The summed E-state index contributed by atoms with van der Waals surface area (Å²) < 4.78 is 15.7. The molecule has 0 aliphatic heterocycles. The topological polar surface area (TPSA) is 97.4 Å². The van der Waals surface area contributed by atoms with E-state index in [1.807, 2.05) is 19.1 Å². The highest BCUT2D eigenvalue weighted by Crippen LogP contribution is 2.32. The summed E-state index contributed by atoms with van der Waals surface area (Å²) in [6.45, 7) is 2.03. The molecule has 1 heterocycles. The van der Waals surface area contributed by atoms with Crippen LogP contribution in [0.1, 0.15) is 11.3 Å². The van der Waals surface area contributed by atoms with Crippen LogP contribution in [0, 0.1) is 6.92 Å². The van der Waals surface area contributed by atoms with Crippen molar-refractivity contribution in [1.82, 2.24) is 0 Å². The van der Waals surface area contributed by atoms with Crippen molar-refractivity contribution in [2.24, 2.45) is 5.11 Å². The lowest BCUT2D eigenvalue weighted by Crippen LogP contribution is -2.12. The molecule has 2 aromatic rings. The first-order valence-electron chi connectivity index (χ1n) is 6.38. The molecule has 0 spiro atoms.